The Balaban J connectivity index is 1.68. The van der Waals surface area contributed by atoms with E-state index in [4.69, 9.17) is 19.8 Å². The molecule has 1 unspecified atom stereocenters. The highest BCUT2D eigenvalue weighted by atomic mass is 31.2. The van der Waals surface area contributed by atoms with Crippen LogP contribution in [-0.4, -0.2) is 55.8 Å². The quantitative estimate of drug-likeness (QED) is 0.181. The number of oxime groups is 1. The van der Waals surface area contributed by atoms with Crippen LogP contribution in [0, 0.1) is 5.92 Å². The first-order chi connectivity index (χ1) is 17.1. The molecule has 1 aliphatic carbocycles. The topological polar surface area (TPSA) is 156 Å². The number of nitrogen functional groups attached to an aromatic ring is 1. The van der Waals surface area contributed by atoms with Gasteiger partial charge in [0.15, 0.2) is 11.5 Å². The molecular weight excluding hydrogens is 485 g/mol. The van der Waals surface area contributed by atoms with Crippen LogP contribution in [0.4, 0.5) is 5.82 Å². The van der Waals surface area contributed by atoms with E-state index in [9.17, 15) is 9.36 Å². The average molecular weight is 524 g/mol. The number of rotatable bonds is 12. The smallest absolute Gasteiger partial charge is 0.364 e. The van der Waals surface area contributed by atoms with Gasteiger partial charge in [0.2, 0.25) is 0 Å². The Hall–Kier alpha value is -2.56. The largest absolute Gasteiger partial charge is 0.462 e. The van der Waals surface area contributed by atoms with Crippen LogP contribution in [0.15, 0.2) is 17.8 Å². The summed E-state index contributed by atoms with van der Waals surface area (Å²) >= 11 is 0. The van der Waals surface area contributed by atoms with Gasteiger partial charge in [0.25, 0.3) is 0 Å². The van der Waals surface area contributed by atoms with Crippen LogP contribution >= 0.6 is 7.52 Å². The summed E-state index contributed by atoms with van der Waals surface area (Å²) in [5.41, 5.74) is 7.74. The Morgan fingerprint density at radius 3 is 2.64 bits per heavy atom. The van der Waals surface area contributed by atoms with Gasteiger partial charge in [-0.15, -0.1) is 0 Å². The second-order valence-electron chi connectivity index (χ2n) is 9.59. The molecular formula is C23H38N7O5P. The number of aromatic nitrogens is 4. The molecule has 12 nitrogen and oxygen atoms in total. The normalized spacial score (nSPS) is 18.7. The second kappa shape index (κ2) is 12.6. The van der Waals surface area contributed by atoms with Gasteiger partial charge < -0.3 is 24.4 Å². The van der Waals surface area contributed by atoms with Crippen LogP contribution in [0.2, 0.25) is 0 Å². The standard InChI is InChI=1S/C23H38N7O5P/c1-15(2)34-23(31)18(5)29-36(32,35-28-17(4)19-9-7-6-8-10-19)14-33-16(3)11-30-13-27-20-21(24)25-12-26-22(20)30/h12-13,15-16,18-19H,6-11,14H2,1-5H3,(H,29,32)(H2,24,25,26)/b28-17+/t16-,18+,36?/m1/s1. The Morgan fingerprint density at radius 2 is 1.94 bits per heavy atom. The fraction of sp³-hybridized carbons (Fsp3) is 0.696. The minimum absolute atomic E-state index is 0.293. The first-order valence-corrected chi connectivity index (χ1v) is 14.2. The number of carbonyl (C=O) groups excluding carboxylic acids is 1. The van der Waals surface area contributed by atoms with E-state index in [0.29, 0.717) is 29.4 Å². The number of carbonyl (C=O) groups is 1. The molecule has 0 amide bonds. The van der Waals surface area contributed by atoms with Crippen LogP contribution < -0.4 is 10.8 Å². The predicted molar refractivity (Wildman–Crippen MR) is 137 cm³/mol. The third-order valence-electron chi connectivity index (χ3n) is 6.02. The number of fused-ring (bicyclic) bond motifs is 1. The summed E-state index contributed by atoms with van der Waals surface area (Å²) in [7, 11) is -3.71. The van der Waals surface area contributed by atoms with E-state index in [0.717, 1.165) is 31.4 Å². The Bertz CT molecular complexity index is 1100. The molecule has 2 aromatic rings. The molecule has 0 bridgehead atoms. The van der Waals surface area contributed by atoms with Crippen molar-refractivity contribution < 1.29 is 23.5 Å². The lowest BCUT2D eigenvalue weighted by Gasteiger charge is -2.25. The highest BCUT2D eigenvalue weighted by Crippen LogP contribution is 2.44. The Labute approximate surface area is 211 Å². The zero-order valence-electron chi connectivity index (χ0n) is 21.7. The van der Waals surface area contributed by atoms with Crippen molar-refractivity contribution in [1.29, 1.82) is 0 Å². The third-order valence-corrected chi connectivity index (χ3v) is 7.64. The first kappa shape index (κ1) is 28.0. The van der Waals surface area contributed by atoms with Gasteiger partial charge in [0.1, 0.15) is 24.2 Å². The summed E-state index contributed by atoms with van der Waals surface area (Å²) in [4.78, 5) is 24.8. The minimum atomic E-state index is -3.71. The van der Waals surface area contributed by atoms with Crippen LogP contribution in [0.25, 0.3) is 11.2 Å². The summed E-state index contributed by atoms with van der Waals surface area (Å²) in [5.74, 6) is 0.0687. The van der Waals surface area contributed by atoms with Gasteiger partial charge in [-0.05, 0) is 47.5 Å². The van der Waals surface area contributed by atoms with E-state index in [1.807, 2.05) is 13.8 Å². The Kier molecular flexibility index (Phi) is 9.81. The number of nitrogens with two attached hydrogens (primary N) is 1. The lowest BCUT2D eigenvalue weighted by Crippen LogP contribution is -2.36. The maximum atomic E-state index is 13.7. The molecule has 0 saturated heterocycles. The van der Waals surface area contributed by atoms with Gasteiger partial charge in [-0.3, -0.25) is 9.36 Å². The van der Waals surface area contributed by atoms with E-state index < -0.39 is 25.6 Å². The summed E-state index contributed by atoms with van der Waals surface area (Å²) in [5, 5.41) is 6.99. The number of anilines is 1. The van der Waals surface area contributed by atoms with E-state index in [1.54, 1.807) is 31.7 Å². The minimum Gasteiger partial charge on any atom is -0.462 e. The van der Waals surface area contributed by atoms with Crippen molar-refractivity contribution in [2.75, 3.05) is 12.1 Å². The van der Waals surface area contributed by atoms with Gasteiger partial charge in [-0.25, -0.2) is 20.0 Å². The van der Waals surface area contributed by atoms with Gasteiger partial charge in [0, 0.05) is 5.92 Å². The van der Waals surface area contributed by atoms with E-state index >= 15 is 0 Å². The average Bonchev–Trinajstić information content (AvgIpc) is 3.25. The van der Waals surface area contributed by atoms with Gasteiger partial charge >= 0.3 is 13.5 Å². The number of nitrogens with zero attached hydrogens (tertiary/aromatic N) is 5. The summed E-state index contributed by atoms with van der Waals surface area (Å²) in [6.07, 6.45) is 7.57. The summed E-state index contributed by atoms with van der Waals surface area (Å²) in [6.45, 7) is 9.17. The lowest BCUT2D eigenvalue weighted by molar-refractivity contribution is -0.149. The molecule has 2 heterocycles. The first-order valence-electron chi connectivity index (χ1n) is 12.4. The molecule has 0 radical (unpaired) electrons. The van der Waals surface area contributed by atoms with Gasteiger partial charge in [0.05, 0.1) is 30.8 Å². The van der Waals surface area contributed by atoms with Crippen LogP contribution in [-0.2, 0) is 30.0 Å². The van der Waals surface area contributed by atoms with Crippen molar-refractivity contribution in [2.45, 2.75) is 91.5 Å². The number of nitrogens with one attached hydrogen (secondary N) is 1. The lowest BCUT2D eigenvalue weighted by atomic mass is 9.86. The van der Waals surface area contributed by atoms with Crippen molar-refractivity contribution in [2.24, 2.45) is 11.1 Å². The zero-order chi connectivity index (χ0) is 26.3. The summed E-state index contributed by atoms with van der Waals surface area (Å²) < 4.78 is 32.2. The van der Waals surface area contributed by atoms with Crippen molar-refractivity contribution in [3.05, 3.63) is 12.7 Å². The molecule has 0 spiro atoms. The molecule has 13 heteroatoms. The van der Waals surface area contributed by atoms with E-state index in [1.165, 1.54) is 12.7 Å². The fourth-order valence-corrected chi connectivity index (χ4v) is 5.65. The molecule has 3 N–H and O–H groups in total. The van der Waals surface area contributed by atoms with Crippen LogP contribution in [0.1, 0.15) is 66.7 Å². The molecule has 1 aliphatic rings. The number of ether oxygens (including phenoxy) is 2. The predicted octanol–water partition coefficient (Wildman–Crippen LogP) is 3.87. The highest BCUT2D eigenvalue weighted by molar-refractivity contribution is 7.56. The Morgan fingerprint density at radius 1 is 1.22 bits per heavy atom. The van der Waals surface area contributed by atoms with E-state index in [-0.39, 0.29) is 12.5 Å². The second-order valence-corrected chi connectivity index (χ2v) is 11.6. The SMILES string of the molecule is C/C(=N\OP(=O)(CO[C@H](C)Cn1cnc2c(N)ncnc21)N[C@@H](C)C(=O)OC(C)C)C1CCCCC1. The zero-order valence-corrected chi connectivity index (χ0v) is 22.6. The van der Waals surface area contributed by atoms with Crippen LogP contribution in [0.3, 0.4) is 0 Å². The number of hydrogen-bond acceptors (Lipinski definition) is 10. The maximum absolute atomic E-state index is 13.7. The van der Waals surface area contributed by atoms with Crippen molar-refractivity contribution in [1.82, 2.24) is 24.6 Å². The number of imidazole rings is 1. The van der Waals surface area contributed by atoms with Crippen molar-refractivity contribution in [3.63, 3.8) is 0 Å². The van der Waals surface area contributed by atoms with Gasteiger partial charge in [-0.2, -0.15) is 0 Å². The maximum Gasteiger partial charge on any atom is 0.364 e. The molecule has 2 aromatic heterocycles. The fourth-order valence-electron chi connectivity index (χ4n) is 4.08. The van der Waals surface area contributed by atoms with Crippen LogP contribution in [0.5, 0.6) is 0 Å². The molecule has 1 fully saturated rings. The van der Waals surface area contributed by atoms with Crippen molar-refractivity contribution >= 4 is 36.2 Å². The number of esters is 1. The molecule has 1 saturated carbocycles. The highest BCUT2D eigenvalue weighted by Gasteiger charge is 2.32. The molecule has 200 valence electrons. The number of hydrogen-bond donors (Lipinski definition) is 2. The molecule has 0 aromatic carbocycles. The third kappa shape index (κ3) is 7.72. The van der Waals surface area contributed by atoms with Crippen molar-refractivity contribution in [3.8, 4) is 0 Å². The molecule has 3 rings (SSSR count). The van der Waals surface area contributed by atoms with Gasteiger partial charge in [-0.1, -0.05) is 24.4 Å². The van der Waals surface area contributed by atoms with E-state index in [2.05, 4.69) is 25.2 Å². The summed E-state index contributed by atoms with van der Waals surface area (Å²) in [6, 6.07) is -0.875. The molecule has 36 heavy (non-hydrogen) atoms. The monoisotopic (exact) mass is 523 g/mol. The molecule has 0 aliphatic heterocycles. The molecule has 3 atom stereocenters.